The van der Waals surface area contributed by atoms with Gasteiger partial charge in [-0.3, -0.25) is 0 Å². The Balaban J connectivity index is 2.82. The predicted molar refractivity (Wildman–Crippen MR) is 39.8 cm³/mol. The Morgan fingerprint density at radius 3 is 3.00 bits per heavy atom. The standard InChI is InChI=1S/C5H8BrN3O/c1-9-4(3-7-8-9)5(10)2-6/h3,5,10H,2H2,1H3. The van der Waals surface area contributed by atoms with Gasteiger partial charge in [-0.1, -0.05) is 21.1 Å². The number of nitrogens with zero attached hydrogens (tertiary/aromatic N) is 3. The molecular weight excluding hydrogens is 198 g/mol. The number of alkyl halides is 1. The molecule has 0 spiro atoms. The van der Waals surface area contributed by atoms with Gasteiger partial charge < -0.3 is 5.11 Å². The van der Waals surface area contributed by atoms with Gasteiger partial charge in [0.05, 0.1) is 11.9 Å². The van der Waals surface area contributed by atoms with Gasteiger partial charge in [-0.05, 0) is 0 Å². The molecule has 0 radical (unpaired) electrons. The minimum absolute atomic E-state index is 0.508. The lowest BCUT2D eigenvalue weighted by atomic mass is 10.3. The summed E-state index contributed by atoms with van der Waals surface area (Å²) in [4.78, 5) is 0. The first-order chi connectivity index (χ1) is 4.75. The van der Waals surface area contributed by atoms with E-state index in [1.807, 2.05) is 0 Å². The molecule has 10 heavy (non-hydrogen) atoms. The second kappa shape index (κ2) is 3.12. The monoisotopic (exact) mass is 205 g/mol. The molecule has 5 heteroatoms. The fraction of sp³-hybridized carbons (Fsp3) is 0.600. The number of aliphatic hydroxyl groups is 1. The molecule has 0 saturated heterocycles. The van der Waals surface area contributed by atoms with Gasteiger partial charge in [-0.25, -0.2) is 4.68 Å². The van der Waals surface area contributed by atoms with Crippen molar-refractivity contribution in [2.45, 2.75) is 6.10 Å². The van der Waals surface area contributed by atoms with Crippen molar-refractivity contribution < 1.29 is 5.11 Å². The summed E-state index contributed by atoms with van der Waals surface area (Å²) in [6, 6.07) is 0. The Morgan fingerprint density at radius 2 is 2.60 bits per heavy atom. The molecule has 1 N–H and O–H groups in total. The average molecular weight is 206 g/mol. The molecule has 1 atom stereocenters. The van der Waals surface area contributed by atoms with E-state index >= 15 is 0 Å². The van der Waals surface area contributed by atoms with E-state index < -0.39 is 6.10 Å². The first kappa shape index (κ1) is 7.68. The molecule has 1 aromatic heterocycles. The molecule has 1 heterocycles. The zero-order valence-electron chi connectivity index (χ0n) is 5.53. The van der Waals surface area contributed by atoms with Crippen molar-refractivity contribution in [3.8, 4) is 0 Å². The van der Waals surface area contributed by atoms with E-state index in [0.717, 1.165) is 5.69 Å². The lowest BCUT2D eigenvalue weighted by molar-refractivity contribution is 0.195. The summed E-state index contributed by atoms with van der Waals surface area (Å²) in [5.41, 5.74) is 0.719. The van der Waals surface area contributed by atoms with Crippen LogP contribution < -0.4 is 0 Å². The summed E-state index contributed by atoms with van der Waals surface area (Å²) in [5.74, 6) is 0. The molecule has 56 valence electrons. The second-order valence-electron chi connectivity index (χ2n) is 1.95. The topological polar surface area (TPSA) is 50.9 Å². The molecular formula is C5H8BrN3O. The van der Waals surface area contributed by atoms with Gasteiger partial charge in [0.2, 0.25) is 0 Å². The Bertz CT molecular complexity index is 212. The van der Waals surface area contributed by atoms with Crippen molar-refractivity contribution >= 4 is 15.9 Å². The van der Waals surface area contributed by atoms with E-state index in [2.05, 4.69) is 26.2 Å². The first-order valence-corrected chi connectivity index (χ1v) is 3.96. The molecule has 4 nitrogen and oxygen atoms in total. The maximum atomic E-state index is 9.25. The molecule has 0 aliphatic carbocycles. The highest BCUT2D eigenvalue weighted by molar-refractivity contribution is 9.09. The van der Waals surface area contributed by atoms with Crippen LogP contribution in [0.25, 0.3) is 0 Å². The number of halogens is 1. The highest BCUT2D eigenvalue weighted by atomic mass is 79.9. The van der Waals surface area contributed by atoms with Crippen molar-refractivity contribution in [3.63, 3.8) is 0 Å². The lowest BCUT2D eigenvalue weighted by Gasteiger charge is -2.04. The maximum Gasteiger partial charge on any atom is 0.107 e. The molecule has 1 aromatic rings. The van der Waals surface area contributed by atoms with Crippen LogP contribution in [-0.4, -0.2) is 25.4 Å². The van der Waals surface area contributed by atoms with Crippen LogP contribution in [0, 0.1) is 0 Å². The van der Waals surface area contributed by atoms with E-state index in [1.54, 1.807) is 17.9 Å². The van der Waals surface area contributed by atoms with Gasteiger partial charge in [0.15, 0.2) is 0 Å². The van der Waals surface area contributed by atoms with Gasteiger partial charge in [0.1, 0.15) is 6.10 Å². The molecule has 0 aliphatic rings. The SMILES string of the molecule is Cn1nncc1C(O)CBr. The Hall–Kier alpha value is -0.420. The third kappa shape index (κ3) is 1.35. The van der Waals surface area contributed by atoms with Crippen LogP contribution in [0.5, 0.6) is 0 Å². The highest BCUT2D eigenvalue weighted by Crippen LogP contribution is 2.11. The predicted octanol–water partition coefficient (Wildman–Crippen LogP) is 0.243. The van der Waals surface area contributed by atoms with Crippen LogP contribution in [0.1, 0.15) is 11.8 Å². The van der Waals surface area contributed by atoms with E-state index in [4.69, 9.17) is 0 Å². The van der Waals surface area contributed by atoms with Gasteiger partial charge in [0.25, 0.3) is 0 Å². The first-order valence-electron chi connectivity index (χ1n) is 2.84. The number of aromatic nitrogens is 3. The van der Waals surface area contributed by atoms with Crippen LogP contribution in [-0.2, 0) is 7.05 Å². The van der Waals surface area contributed by atoms with Gasteiger partial charge in [-0.15, -0.1) is 5.10 Å². The Labute approximate surface area is 67.0 Å². The van der Waals surface area contributed by atoms with Crippen molar-refractivity contribution in [2.24, 2.45) is 7.05 Å². The number of hydrogen-bond donors (Lipinski definition) is 1. The molecule has 0 bridgehead atoms. The molecule has 0 amide bonds. The van der Waals surface area contributed by atoms with Crippen LogP contribution >= 0.6 is 15.9 Å². The summed E-state index contributed by atoms with van der Waals surface area (Å²) < 4.78 is 1.55. The third-order valence-corrected chi connectivity index (χ3v) is 1.85. The molecule has 0 aromatic carbocycles. The number of hydrogen-bond acceptors (Lipinski definition) is 3. The summed E-state index contributed by atoms with van der Waals surface area (Å²) in [6.45, 7) is 0. The summed E-state index contributed by atoms with van der Waals surface area (Å²) in [5, 5.41) is 17.1. The highest BCUT2D eigenvalue weighted by Gasteiger charge is 2.09. The number of aliphatic hydroxyl groups excluding tert-OH is 1. The van der Waals surface area contributed by atoms with E-state index in [1.165, 1.54) is 0 Å². The van der Waals surface area contributed by atoms with Crippen LogP contribution in [0.4, 0.5) is 0 Å². The van der Waals surface area contributed by atoms with Crippen LogP contribution in [0.3, 0.4) is 0 Å². The number of rotatable bonds is 2. The Morgan fingerprint density at radius 1 is 1.90 bits per heavy atom. The fourth-order valence-electron chi connectivity index (χ4n) is 0.678. The van der Waals surface area contributed by atoms with Gasteiger partial charge in [-0.2, -0.15) is 0 Å². The maximum absolute atomic E-state index is 9.25. The minimum Gasteiger partial charge on any atom is -0.386 e. The number of aryl methyl sites for hydroxylation is 1. The molecule has 1 unspecified atom stereocenters. The second-order valence-corrected chi connectivity index (χ2v) is 2.60. The van der Waals surface area contributed by atoms with Crippen molar-refractivity contribution in [2.75, 3.05) is 5.33 Å². The van der Waals surface area contributed by atoms with Crippen molar-refractivity contribution in [1.82, 2.24) is 15.0 Å². The van der Waals surface area contributed by atoms with Crippen LogP contribution in [0.15, 0.2) is 6.20 Å². The largest absolute Gasteiger partial charge is 0.386 e. The van der Waals surface area contributed by atoms with Crippen LogP contribution in [0.2, 0.25) is 0 Å². The average Bonchev–Trinajstić information content (AvgIpc) is 2.34. The molecule has 1 rings (SSSR count). The smallest absolute Gasteiger partial charge is 0.107 e. The van der Waals surface area contributed by atoms with E-state index in [9.17, 15) is 5.11 Å². The normalized spacial score (nSPS) is 13.5. The summed E-state index contributed by atoms with van der Waals surface area (Å²) in [6.07, 6.45) is 1.03. The zero-order chi connectivity index (χ0) is 7.56. The molecule has 0 saturated carbocycles. The zero-order valence-corrected chi connectivity index (χ0v) is 7.11. The summed E-state index contributed by atoms with van der Waals surface area (Å²) in [7, 11) is 1.74. The van der Waals surface area contributed by atoms with Crippen molar-refractivity contribution in [3.05, 3.63) is 11.9 Å². The minimum atomic E-state index is -0.514. The van der Waals surface area contributed by atoms with E-state index in [-0.39, 0.29) is 0 Å². The molecule has 0 fully saturated rings. The lowest BCUT2D eigenvalue weighted by Crippen LogP contribution is -2.05. The van der Waals surface area contributed by atoms with E-state index in [0.29, 0.717) is 5.33 Å². The van der Waals surface area contributed by atoms with Crippen molar-refractivity contribution in [1.29, 1.82) is 0 Å². The Kier molecular flexibility index (Phi) is 2.39. The fourth-order valence-corrected chi connectivity index (χ4v) is 1.01. The van der Waals surface area contributed by atoms with Gasteiger partial charge >= 0.3 is 0 Å². The van der Waals surface area contributed by atoms with Gasteiger partial charge in [0, 0.05) is 12.4 Å². The third-order valence-electron chi connectivity index (χ3n) is 1.24. The summed E-state index contributed by atoms with van der Waals surface area (Å²) >= 11 is 3.15. The molecule has 0 aliphatic heterocycles. The quantitative estimate of drug-likeness (QED) is 0.705.